The third-order valence-corrected chi connectivity index (χ3v) is 5.93. The molecule has 0 spiro atoms. The van der Waals surface area contributed by atoms with E-state index in [1.807, 2.05) is 35.9 Å². The molecule has 2 atom stereocenters. The van der Waals surface area contributed by atoms with Crippen LogP contribution in [0, 0.1) is 6.92 Å². The fraction of sp³-hybridized carbons (Fsp3) is 0.211. The number of Topliss-reactive ketones (excluding diaryl/α,β-unsaturated/α-hetero) is 1. The number of rotatable bonds is 4. The number of thioether (sulfide) groups is 1. The maximum Gasteiger partial charge on any atom is 0.210 e. The number of halogens is 1. The minimum absolute atomic E-state index is 0.0110. The van der Waals surface area contributed by atoms with Crippen LogP contribution in [0.25, 0.3) is 0 Å². The molecule has 2 heterocycles. The average Bonchev–Trinajstić information content (AvgIpc) is 3.07. The minimum Gasteiger partial charge on any atom is -0.497 e. The van der Waals surface area contributed by atoms with E-state index >= 15 is 0 Å². The average molecular weight is 401 g/mol. The fourth-order valence-electron chi connectivity index (χ4n) is 3.00. The summed E-state index contributed by atoms with van der Waals surface area (Å²) in [7, 11) is 1.63. The number of aromatic nitrogens is 3. The molecule has 8 heteroatoms. The first-order valence-corrected chi connectivity index (χ1v) is 9.61. The largest absolute Gasteiger partial charge is 0.497 e. The number of ether oxygens (including phenoxy) is 1. The Kier molecular flexibility index (Phi) is 4.80. The van der Waals surface area contributed by atoms with Gasteiger partial charge in [-0.05, 0) is 48.9 Å². The van der Waals surface area contributed by atoms with Gasteiger partial charge in [0.2, 0.25) is 5.16 Å². The Hall–Kier alpha value is -2.51. The summed E-state index contributed by atoms with van der Waals surface area (Å²) in [6.45, 7) is 1.87. The Bertz CT molecular complexity index is 972. The van der Waals surface area contributed by atoms with Gasteiger partial charge in [-0.25, -0.2) is 4.68 Å². The molecule has 0 saturated heterocycles. The first kappa shape index (κ1) is 17.9. The summed E-state index contributed by atoms with van der Waals surface area (Å²) in [6.07, 6.45) is 0. The highest BCUT2D eigenvalue weighted by molar-refractivity contribution is 8.00. The lowest BCUT2D eigenvalue weighted by molar-refractivity contribution is 0.0980. The zero-order valence-corrected chi connectivity index (χ0v) is 16.3. The Balaban J connectivity index is 1.73. The number of nitrogens with zero attached hydrogens (tertiary/aromatic N) is 3. The van der Waals surface area contributed by atoms with Crippen molar-refractivity contribution in [3.63, 3.8) is 0 Å². The number of carbonyl (C=O) groups is 1. The molecule has 1 N–H and O–H groups in total. The second-order valence-corrected chi connectivity index (χ2v) is 7.70. The predicted octanol–water partition coefficient (Wildman–Crippen LogP) is 3.89. The van der Waals surface area contributed by atoms with Gasteiger partial charge in [-0.1, -0.05) is 35.5 Å². The van der Waals surface area contributed by atoms with E-state index in [0.29, 0.717) is 15.7 Å². The minimum atomic E-state index is -0.393. The summed E-state index contributed by atoms with van der Waals surface area (Å²) in [5.74, 6) is 1.52. The van der Waals surface area contributed by atoms with E-state index in [1.54, 1.807) is 31.4 Å². The lowest BCUT2D eigenvalue weighted by Gasteiger charge is -2.32. The molecule has 0 fully saturated rings. The van der Waals surface area contributed by atoms with E-state index in [1.165, 1.54) is 11.8 Å². The molecule has 1 aliphatic heterocycles. The number of ketones is 1. The number of aryl methyl sites for hydroxylation is 1. The van der Waals surface area contributed by atoms with Crippen molar-refractivity contribution >= 4 is 29.1 Å². The Morgan fingerprint density at radius 1 is 1.15 bits per heavy atom. The zero-order valence-electron chi connectivity index (χ0n) is 14.7. The van der Waals surface area contributed by atoms with Gasteiger partial charge in [0.15, 0.2) is 5.78 Å². The van der Waals surface area contributed by atoms with Crippen LogP contribution < -0.4 is 10.2 Å². The number of hydrogen-bond acceptors (Lipinski definition) is 6. The quantitative estimate of drug-likeness (QED) is 0.670. The third kappa shape index (κ3) is 3.40. The molecule has 0 amide bonds. The van der Waals surface area contributed by atoms with Crippen LogP contribution in [0.2, 0.25) is 5.02 Å². The molecule has 0 unspecified atom stereocenters. The van der Waals surface area contributed by atoms with Gasteiger partial charge in [0.25, 0.3) is 0 Å². The van der Waals surface area contributed by atoms with Gasteiger partial charge < -0.3 is 10.2 Å². The number of methoxy groups -OCH3 is 1. The van der Waals surface area contributed by atoms with Gasteiger partial charge in [-0.2, -0.15) is 0 Å². The Morgan fingerprint density at radius 2 is 1.85 bits per heavy atom. The SMILES string of the molecule is COc1ccc([C@H]2Nn3c(C)nnc3S[C@H]2C(=O)c2ccc(Cl)cc2)cc1. The molecule has 138 valence electrons. The summed E-state index contributed by atoms with van der Waals surface area (Å²) in [4.78, 5) is 13.2. The van der Waals surface area contributed by atoms with Crippen molar-refractivity contribution in [1.29, 1.82) is 0 Å². The van der Waals surface area contributed by atoms with Crippen molar-refractivity contribution in [3.8, 4) is 5.75 Å². The summed E-state index contributed by atoms with van der Waals surface area (Å²) in [5.41, 5.74) is 4.99. The number of nitrogens with one attached hydrogen (secondary N) is 1. The van der Waals surface area contributed by atoms with Crippen molar-refractivity contribution in [3.05, 3.63) is 70.5 Å². The molecule has 0 bridgehead atoms. The van der Waals surface area contributed by atoms with Gasteiger partial charge >= 0.3 is 0 Å². The molecular weight excluding hydrogens is 384 g/mol. The van der Waals surface area contributed by atoms with Gasteiger partial charge in [0, 0.05) is 10.6 Å². The molecule has 0 radical (unpaired) electrons. The van der Waals surface area contributed by atoms with Crippen LogP contribution in [0.4, 0.5) is 0 Å². The summed E-state index contributed by atoms with van der Waals surface area (Å²) in [5, 5.41) is 9.16. The maximum absolute atomic E-state index is 13.2. The molecule has 1 aliphatic rings. The van der Waals surface area contributed by atoms with Gasteiger partial charge in [0.1, 0.15) is 16.8 Å². The number of fused-ring (bicyclic) bond motifs is 1. The highest BCUT2D eigenvalue weighted by Gasteiger charge is 2.37. The monoisotopic (exact) mass is 400 g/mol. The highest BCUT2D eigenvalue weighted by Crippen LogP contribution is 2.39. The molecule has 2 aromatic carbocycles. The van der Waals surface area contributed by atoms with Crippen molar-refractivity contribution in [2.45, 2.75) is 23.4 Å². The molecular formula is C19H17ClN4O2S. The Labute approximate surface area is 165 Å². The number of benzene rings is 2. The normalized spacial score (nSPS) is 18.5. The number of hydrogen-bond donors (Lipinski definition) is 1. The van der Waals surface area contributed by atoms with Crippen LogP contribution in [0.15, 0.2) is 53.7 Å². The topological polar surface area (TPSA) is 69.0 Å². The molecule has 0 saturated carbocycles. The van der Waals surface area contributed by atoms with Gasteiger partial charge in [-0.3, -0.25) is 4.79 Å². The van der Waals surface area contributed by atoms with Crippen molar-refractivity contribution in [2.24, 2.45) is 0 Å². The third-order valence-electron chi connectivity index (χ3n) is 4.46. The smallest absolute Gasteiger partial charge is 0.210 e. The number of carbonyl (C=O) groups excluding carboxylic acids is 1. The van der Waals surface area contributed by atoms with Crippen LogP contribution in [0.1, 0.15) is 27.8 Å². The summed E-state index contributed by atoms with van der Waals surface area (Å²) in [6, 6.07) is 14.4. The van der Waals surface area contributed by atoms with Crippen LogP contribution in [0.5, 0.6) is 5.75 Å². The van der Waals surface area contributed by atoms with Crippen LogP contribution >= 0.6 is 23.4 Å². The van der Waals surface area contributed by atoms with Crippen LogP contribution in [0.3, 0.4) is 0 Å². The van der Waals surface area contributed by atoms with E-state index in [2.05, 4.69) is 15.6 Å². The lowest BCUT2D eigenvalue weighted by Crippen LogP contribution is -2.39. The molecule has 27 heavy (non-hydrogen) atoms. The first-order valence-electron chi connectivity index (χ1n) is 8.36. The maximum atomic E-state index is 13.2. The van der Waals surface area contributed by atoms with E-state index in [0.717, 1.165) is 17.1 Å². The van der Waals surface area contributed by atoms with E-state index in [-0.39, 0.29) is 11.8 Å². The zero-order chi connectivity index (χ0) is 19.0. The van der Waals surface area contributed by atoms with Gasteiger partial charge in [-0.15, -0.1) is 10.2 Å². The molecule has 0 aliphatic carbocycles. The fourth-order valence-corrected chi connectivity index (χ4v) is 4.33. The molecule has 4 rings (SSSR count). The molecule has 3 aromatic rings. The highest BCUT2D eigenvalue weighted by atomic mass is 35.5. The molecule has 6 nitrogen and oxygen atoms in total. The van der Waals surface area contributed by atoms with Crippen molar-refractivity contribution in [2.75, 3.05) is 12.5 Å². The van der Waals surface area contributed by atoms with E-state index in [4.69, 9.17) is 16.3 Å². The van der Waals surface area contributed by atoms with E-state index < -0.39 is 5.25 Å². The first-order chi connectivity index (χ1) is 13.1. The van der Waals surface area contributed by atoms with Gasteiger partial charge in [0.05, 0.1) is 13.2 Å². The second-order valence-electron chi connectivity index (χ2n) is 6.15. The Morgan fingerprint density at radius 3 is 2.52 bits per heavy atom. The molecule has 1 aromatic heterocycles. The second kappa shape index (κ2) is 7.25. The lowest BCUT2D eigenvalue weighted by atomic mass is 9.97. The summed E-state index contributed by atoms with van der Waals surface area (Å²) >= 11 is 7.37. The standard InChI is InChI=1S/C19H17ClN4O2S/c1-11-21-22-19-24(11)23-16(12-5-9-15(26-2)10-6-12)18(27-19)17(25)13-3-7-14(20)8-4-13/h3-10,16,18,23H,1-2H3/t16-,18-/m1/s1. The van der Waals surface area contributed by atoms with E-state index in [9.17, 15) is 4.79 Å². The van der Waals surface area contributed by atoms with Crippen LogP contribution in [-0.2, 0) is 0 Å². The summed E-state index contributed by atoms with van der Waals surface area (Å²) < 4.78 is 7.07. The van der Waals surface area contributed by atoms with Crippen molar-refractivity contribution in [1.82, 2.24) is 14.9 Å². The van der Waals surface area contributed by atoms with Crippen LogP contribution in [-0.4, -0.2) is 33.0 Å². The van der Waals surface area contributed by atoms with Crippen molar-refractivity contribution < 1.29 is 9.53 Å². The predicted molar refractivity (Wildman–Crippen MR) is 105 cm³/mol.